The Bertz CT molecular complexity index is 466. The second kappa shape index (κ2) is 5.47. The van der Waals surface area contributed by atoms with Gasteiger partial charge in [-0.15, -0.1) is 0 Å². The average molecular weight is 246 g/mol. The lowest BCUT2D eigenvalue weighted by Gasteiger charge is -2.35. The lowest BCUT2D eigenvalue weighted by atomic mass is 10.2. The van der Waals surface area contributed by atoms with E-state index >= 15 is 0 Å². The number of hydrogen-bond donors (Lipinski definition) is 1. The van der Waals surface area contributed by atoms with Gasteiger partial charge in [0.25, 0.3) is 0 Å². The number of hydrogen-bond acceptors (Lipinski definition) is 5. The molecule has 1 saturated heterocycles. The molecule has 1 N–H and O–H groups in total. The van der Waals surface area contributed by atoms with Crippen LogP contribution in [0.3, 0.4) is 0 Å². The van der Waals surface area contributed by atoms with Crippen molar-refractivity contribution >= 4 is 11.6 Å². The Hall–Kier alpha value is -2.13. The summed E-state index contributed by atoms with van der Waals surface area (Å²) >= 11 is 0. The molecule has 6 heteroatoms. The Kier molecular flexibility index (Phi) is 3.75. The van der Waals surface area contributed by atoms with Gasteiger partial charge in [-0.3, -0.25) is 4.79 Å². The molecule has 2 heterocycles. The summed E-state index contributed by atoms with van der Waals surface area (Å²) in [4.78, 5) is 17.7. The standard InChI is InChI=1S/C12H14N4O2/c1-14-12(17)11-8-18-5-4-16(11)10-3-2-9(6-13)15-7-10/h2-3,7,11H,4-5,8H2,1H3,(H,14,17). The molecule has 0 saturated carbocycles. The number of likely N-dealkylation sites (N-methyl/N-ethyl adjacent to an activating group) is 1. The van der Waals surface area contributed by atoms with Gasteiger partial charge in [0.1, 0.15) is 17.8 Å². The van der Waals surface area contributed by atoms with E-state index in [1.807, 2.05) is 11.0 Å². The average Bonchev–Trinajstić information content (AvgIpc) is 2.46. The molecule has 18 heavy (non-hydrogen) atoms. The summed E-state index contributed by atoms with van der Waals surface area (Å²) in [5.41, 5.74) is 1.19. The molecule has 1 unspecified atom stereocenters. The summed E-state index contributed by atoms with van der Waals surface area (Å²) in [6, 6.07) is 5.06. The number of aromatic nitrogens is 1. The zero-order chi connectivity index (χ0) is 13.0. The summed E-state index contributed by atoms with van der Waals surface area (Å²) < 4.78 is 5.33. The number of nitrogens with zero attached hydrogens (tertiary/aromatic N) is 3. The molecule has 1 aromatic heterocycles. The lowest BCUT2D eigenvalue weighted by molar-refractivity contribution is -0.124. The fourth-order valence-corrected chi connectivity index (χ4v) is 1.92. The van der Waals surface area contributed by atoms with Gasteiger partial charge in [0.05, 0.1) is 25.1 Å². The van der Waals surface area contributed by atoms with Crippen LogP contribution in [0.25, 0.3) is 0 Å². The third kappa shape index (κ3) is 2.41. The smallest absolute Gasteiger partial charge is 0.244 e. The van der Waals surface area contributed by atoms with Crippen LogP contribution in [0.5, 0.6) is 0 Å². The van der Waals surface area contributed by atoms with E-state index in [1.165, 1.54) is 0 Å². The van der Waals surface area contributed by atoms with E-state index in [4.69, 9.17) is 10.00 Å². The molecular formula is C12H14N4O2. The number of morpholine rings is 1. The van der Waals surface area contributed by atoms with E-state index in [-0.39, 0.29) is 11.9 Å². The quantitative estimate of drug-likeness (QED) is 0.788. The molecule has 1 atom stereocenters. The zero-order valence-corrected chi connectivity index (χ0v) is 10.1. The minimum absolute atomic E-state index is 0.0842. The molecule has 0 radical (unpaired) electrons. The third-order valence-electron chi connectivity index (χ3n) is 2.87. The highest BCUT2D eigenvalue weighted by Crippen LogP contribution is 2.19. The van der Waals surface area contributed by atoms with Crippen LogP contribution in [-0.2, 0) is 9.53 Å². The van der Waals surface area contributed by atoms with Crippen LogP contribution < -0.4 is 10.2 Å². The van der Waals surface area contributed by atoms with Crippen LogP contribution in [0.2, 0.25) is 0 Å². The van der Waals surface area contributed by atoms with E-state index < -0.39 is 0 Å². The maximum atomic E-state index is 11.8. The summed E-state index contributed by atoms with van der Waals surface area (Å²) in [5, 5.41) is 11.3. The molecular weight excluding hydrogens is 232 g/mol. The van der Waals surface area contributed by atoms with Crippen molar-refractivity contribution in [2.24, 2.45) is 0 Å². The first kappa shape index (κ1) is 12.3. The first-order chi connectivity index (χ1) is 8.76. The number of carbonyl (C=O) groups is 1. The van der Waals surface area contributed by atoms with Gasteiger partial charge in [0.15, 0.2) is 0 Å². The van der Waals surface area contributed by atoms with Crippen LogP contribution in [0.1, 0.15) is 5.69 Å². The number of carbonyl (C=O) groups excluding carboxylic acids is 1. The van der Waals surface area contributed by atoms with Crippen molar-refractivity contribution in [2.75, 3.05) is 31.7 Å². The van der Waals surface area contributed by atoms with Gasteiger partial charge in [-0.2, -0.15) is 5.26 Å². The predicted octanol–water partition coefficient (Wildman–Crippen LogP) is -0.0955. The number of rotatable bonds is 2. The van der Waals surface area contributed by atoms with Crippen LogP contribution in [-0.4, -0.2) is 43.7 Å². The fraction of sp³-hybridized carbons (Fsp3) is 0.417. The van der Waals surface area contributed by atoms with Crippen LogP contribution >= 0.6 is 0 Å². The SMILES string of the molecule is CNC(=O)C1COCCN1c1ccc(C#N)nc1. The van der Waals surface area contributed by atoms with Crippen molar-refractivity contribution in [3.63, 3.8) is 0 Å². The number of amides is 1. The van der Waals surface area contributed by atoms with E-state index in [1.54, 1.807) is 25.4 Å². The van der Waals surface area contributed by atoms with Crippen LogP contribution in [0, 0.1) is 11.3 Å². The van der Waals surface area contributed by atoms with E-state index in [9.17, 15) is 4.79 Å². The summed E-state index contributed by atoms with van der Waals surface area (Å²) in [5.74, 6) is -0.0842. The predicted molar refractivity (Wildman–Crippen MR) is 65.0 cm³/mol. The van der Waals surface area contributed by atoms with Crippen LogP contribution in [0.4, 0.5) is 5.69 Å². The summed E-state index contributed by atoms with van der Waals surface area (Å²) in [6.07, 6.45) is 1.61. The minimum Gasteiger partial charge on any atom is -0.377 e. The first-order valence-electron chi connectivity index (χ1n) is 5.68. The third-order valence-corrected chi connectivity index (χ3v) is 2.87. The molecule has 1 fully saturated rings. The summed E-state index contributed by atoms with van der Waals surface area (Å²) in [7, 11) is 1.60. The molecule has 0 aromatic carbocycles. The van der Waals surface area contributed by atoms with Gasteiger partial charge in [0.2, 0.25) is 5.91 Å². The van der Waals surface area contributed by atoms with Gasteiger partial charge in [0, 0.05) is 13.6 Å². The van der Waals surface area contributed by atoms with Crippen molar-refractivity contribution in [1.29, 1.82) is 5.26 Å². The second-order valence-corrected chi connectivity index (χ2v) is 3.91. The van der Waals surface area contributed by atoms with Gasteiger partial charge in [-0.05, 0) is 12.1 Å². The highest BCUT2D eigenvalue weighted by Gasteiger charge is 2.29. The largest absolute Gasteiger partial charge is 0.377 e. The van der Waals surface area contributed by atoms with Crippen molar-refractivity contribution in [1.82, 2.24) is 10.3 Å². The van der Waals surface area contributed by atoms with Crippen molar-refractivity contribution < 1.29 is 9.53 Å². The summed E-state index contributed by atoms with van der Waals surface area (Å²) in [6.45, 7) is 1.57. The second-order valence-electron chi connectivity index (χ2n) is 3.91. The monoisotopic (exact) mass is 246 g/mol. The number of pyridine rings is 1. The molecule has 6 nitrogen and oxygen atoms in total. The van der Waals surface area contributed by atoms with Gasteiger partial charge in [-0.25, -0.2) is 4.98 Å². The fourth-order valence-electron chi connectivity index (χ4n) is 1.92. The topological polar surface area (TPSA) is 78.2 Å². The number of nitriles is 1. The maximum absolute atomic E-state index is 11.8. The zero-order valence-electron chi connectivity index (χ0n) is 10.1. The molecule has 94 valence electrons. The van der Waals surface area contributed by atoms with Crippen molar-refractivity contribution in [3.05, 3.63) is 24.0 Å². The lowest BCUT2D eigenvalue weighted by Crippen LogP contribution is -2.53. The molecule has 2 rings (SSSR count). The van der Waals surface area contributed by atoms with E-state index in [2.05, 4.69) is 10.3 Å². The maximum Gasteiger partial charge on any atom is 0.244 e. The Labute approximate surface area is 105 Å². The molecule has 0 spiro atoms. The highest BCUT2D eigenvalue weighted by molar-refractivity contribution is 5.85. The first-order valence-corrected chi connectivity index (χ1v) is 5.68. The van der Waals surface area contributed by atoms with E-state index in [0.717, 1.165) is 5.69 Å². The number of anilines is 1. The molecule has 0 aliphatic carbocycles. The minimum atomic E-state index is -0.349. The molecule has 0 bridgehead atoms. The number of nitrogens with one attached hydrogen (secondary N) is 1. The Morgan fingerprint density at radius 1 is 1.67 bits per heavy atom. The Balaban J connectivity index is 2.22. The van der Waals surface area contributed by atoms with Crippen molar-refractivity contribution in [2.45, 2.75) is 6.04 Å². The Morgan fingerprint density at radius 3 is 3.11 bits per heavy atom. The Morgan fingerprint density at radius 2 is 2.50 bits per heavy atom. The molecule has 1 aliphatic heterocycles. The molecule has 1 aliphatic rings. The van der Waals surface area contributed by atoms with E-state index in [0.29, 0.717) is 25.5 Å². The van der Waals surface area contributed by atoms with Gasteiger partial charge in [-0.1, -0.05) is 0 Å². The molecule has 1 amide bonds. The van der Waals surface area contributed by atoms with Crippen LogP contribution in [0.15, 0.2) is 18.3 Å². The molecule has 1 aromatic rings. The normalized spacial score (nSPS) is 19.1. The van der Waals surface area contributed by atoms with Gasteiger partial charge >= 0.3 is 0 Å². The number of ether oxygens (including phenoxy) is 1. The highest BCUT2D eigenvalue weighted by atomic mass is 16.5. The van der Waals surface area contributed by atoms with Crippen molar-refractivity contribution in [3.8, 4) is 6.07 Å². The van der Waals surface area contributed by atoms with Gasteiger partial charge < -0.3 is 15.0 Å².